The van der Waals surface area contributed by atoms with Crippen LogP contribution in [-0.4, -0.2) is 60.5 Å². The molecule has 1 aromatic heterocycles. The van der Waals surface area contributed by atoms with Crippen molar-refractivity contribution in [3.8, 4) is 0 Å². The van der Waals surface area contributed by atoms with Crippen molar-refractivity contribution < 1.29 is 13.2 Å². The lowest BCUT2D eigenvalue weighted by atomic mass is 10.5. The zero-order valence-corrected chi connectivity index (χ0v) is 13.7. The quantitative estimate of drug-likeness (QED) is 0.761. The second kappa shape index (κ2) is 6.90. The number of hydrogen-bond acceptors (Lipinski definition) is 5. The van der Waals surface area contributed by atoms with Crippen LogP contribution in [0.25, 0.3) is 0 Å². The molecule has 0 spiro atoms. The van der Waals surface area contributed by atoms with Gasteiger partial charge >= 0.3 is 0 Å². The van der Waals surface area contributed by atoms with Gasteiger partial charge in [-0.3, -0.25) is 9.48 Å². The van der Waals surface area contributed by atoms with Crippen molar-refractivity contribution in [3.63, 3.8) is 0 Å². The number of carbonyl (C=O) groups is 1. The number of carbonyl (C=O) groups excluding carboxylic acids is 1. The number of nitrogen functional groups attached to an aromatic ring is 1. The molecule has 0 bridgehead atoms. The Morgan fingerprint density at radius 2 is 2.00 bits per heavy atom. The molecule has 0 aromatic carbocycles. The monoisotopic (exact) mass is 317 g/mol. The van der Waals surface area contributed by atoms with E-state index < -0.39 is 10.0 Å². The van der Waals surface area contributed by atoms with Crippen molar-refractivity contribution >= 4 is 21.7 Å². The van der Waals surface area contributed by atoms with Crippen molar-refractivity contribution in [1.82, 2.24) is 19.0 Å². The number of nitrogens with zero attached hydrogens (tertiary/aromatic N) is 4. The van der Waals surface area contributed by atoms with Crippen LogP contribution in [0.1, 0.15) is 20.3 Å². The fourth-order valence-corrected chi connectivity index (χ4v) is 3.22. The standard InChI is InChI=1S/C12H23N5O3S/c1-5-7-16-8-10(12(13)14-16)21(19,20)17(6-2)9-11(18)15(3)4/h8H,5-7,9H2,1-4H3,(H2,13,14). The van der Waals surface area contributed by atoms with Gasteiger partial charge in [-0.1, -0.05) is 13.8 Å². The zero-order valence-electron chi connectivity index (χ0n) is 12.9. The van der Waals surface area contributed by atoms with E-state index in [2.05, 4.69) is 5.10 Å². The van der Waals surface area contributed by atoms with Gasteiger partial charge in [-0.2, -0.15) is 9.40 Å². The first kappa shape index (κ1) is 17.4. The Morgan fingerprint density at radius 3 is 2.48 bits per heavy atom. The van der Waals surface area contributed by atoms with Gasteiger partial charge in [-0.15, -0.1) is 0 Å². The van der Waals surface area contributed by atoms with Crippen LogP contribution in [0.3, 0.4) is 0 Å². The Kier molecular flexibility index (Phi) is 5.73. The van der Waals surface area contributed by atoms with Crippen LogP contribution in [0.4, 0.5) is 5.82 Å². The van der Waals surface area contributed by atoms with Crippen molar-refractivity contribution in [2.75, 3.05) is 32.9 Å². The Balaban J connectivity index is 3.10. The molecule has 1 aromatic rings. The first-order valence-electron chi connectivity index (χ1n) is 6.77. The highest BCUT2D eigenvalue weighted by Gasteiger charge is 2.29. The maximum atomic E-state index is 12.6. The van der Waals surface area contributed by atoms with Gasteiger partial charge in [0.1, 0.15) is 4.90 Å². The van der Waals surface area contributed by atoms with Crippen molar-refractivity contribution in [2.24, 2.45) is 0 Å². The van der Waals surface area contributed by atoms with Gasteiger partial charge in [0.2, 0.25) is 15.9 Å². The Morgan fingerprint density at radius 1 is 1.38 bits per heavy atom. The summed E-state index contributed by atoms with van der Waals surface area (Å²) >= 11 is 0. The van der Waals surface area contributed by atoms with Crippen molar-refractivity contribution in [1.29, 1.82) is 0 Å². The van der Waals surface area contributed by atoms with E-state index in [9.17, 15) is 13.2 Å². The molecule has 2 N–H and O–H groups in total. The lowest BCUT2D eigenvalue weighted by Gasteiger charge is -2.21. The first-order chi connectivity index (χ1) is 9.73. The van der Waals surface area contributed by atoms with Crippen LogP contribution in [0.5, 0.6) is 0 Å². The number of likely N-dealkylation sites (N-methyl/N-ethyl adjacent to an activating group) is 2. The average molecular weight is 317 g/mol. The van der Waals surface area contributed by atoms with E-state index in [0.717, 1.165) is 10.7 Å². The molecule has 1 rings (SSSR count). The highest BCUT2D eigenvalue weighted by molar-refractivity contribution is 7.89. The molecule has 0 aliphatic rings. The van der Waals surface area contributed by atoms with E-state index in [1.807, 2.05) is 6.92 Å². The van der Waals surface area contributed by atoms with Crippen LogP contribution in [0.2, 0.25) is 0 Å². The van der Waals surface area contributed by atoms with Gasteiger partial charge in [-0.05, 0) is 6.42 Å². The number of sulfonamides is 1. The summed E-state index contributed by atoms with van der Waals surface area (Å²) in [6, 6.07) is 0. The Bertz CT molecular complexity index is 594. The number of hydrogen-bond donors (Lipinski definition) is 1. The minimum atomic E-state index is -3.83. The second-order valence-corrected chi connectivity index (χ2v) is 6.77. The normalized spacial score (nSPS) is 11.9. The summed E-state index contributed by atoms with van der Waals surface area (Å²) in [5.74, 6) is -0.334. The SMILES string of the molecule is CCCn1cc(S(=O)(=O)N(CC)CC(=O)N(C)C)c(N)n1. The molecular formula is C12H23N5O3S. The van der Waals surface area contributed by atoms with Gasteiger partial charge in [0.15, 0.2) is 5.82 Å². The predicted octanol–water partition coefficient (Wildman–Crippen LogP) is -0.0259. The molecule has 0 unspecified atom stereocenters. The minimum absolute atomic E-state index is 0.0424. The molecule has 9 heteroatoms. The predicted molar refractivity (Wildman–Crippen MR) is 80.1 cm³/mol. The summed E-state index contributed by atoms with van der Waals surface area (Å²) in [7, 11) is -0.671. The fourth-order valence-electron chi connectivity index (χ4n) is 1.76. The smallest absolute Gasteiger partial charge is 0.248 e. The van der Waals surface area contributed by atoms with E-state index in [1.165, 1.54) is 15.8 Å². The maximum absolute atomic E-state index is 12.6. The number of nitrogens with two attached hydrogens (primary N) is 1. The van der Waals surface area contributed by atoms with E-state index in [0.29, 0.717) is 6.54 Å². The molecule has 0 atom stereocenters. The Hall–Kier alpha value is -1.61. The van der Waals surface area contributed by atoms with E-state index in [1.54, 1.807) is 21.0 Å². The summed E-state index contributed by atoms with van der Waals surface area (Å²) in [4.78, 5) is 13.0. The first-order valence-corrected chi connectivity index (χ1v) is 8.21. The van der Waals surface area contributed by atoms with E-state index in [4.69, 9.17) is 5.73 Å². The third-order valence-electron chi connectivity index (χ3n) is 2.99. The minimum Gasteiger partial charge on any atom is -0.381 e. The van der Waals surface area contributed by atoms with Gasteiger partial charge in [0.25, 0.3) is 0 Å². The number of anilines is 1. The van der Waals surface area contributed by atoms with Gasteiger partial charge in [-0.25, -0.2) is 8.42 Å². The number of aryl methyl sites for hydroxylation is 1. The highest BCUT2D eigenvalue weighted by Crippen LogP contribution is 2.21. The third kappa shape index (κ3) is 3.94. The second-order valence-electron chi connectivity index (χ2n) is 4.86. The van der Waals surface area contributed by atoms with Crippen molar-refractivity contribution in [3.05, 3.63) is 6.20 Å². The third-order valence-corrected chi connectivity index (χ3v) is 4.93. The maximum Gasteiger partial charge on any atom is 0.248 e. The molecule has 0 fully saturated rings. The molecule has 1 amide bonds. The number of amides is 1. The lowest BCUT2D eigenvalue weighted by molar-refractivity contribution is -0.128. The van der Waals surface area contributed by atoms with Crippen LogP contribution >= 0.6 is 0 Å². The molecule has 21 heavy (non-hydrogen) atoms. The lowest BCUT2D eigenvalue weighted by Crippen LogP contribution is -2.40. The summed E-state index contributed by atoms with van der Waals surface area (Å²) in [6.07, 6.45) is 2.23. The van der Waals surface area contributed by atoms with E-state index in [-0.39, 0.29) is 29.7 Å². The van der Waals surface area contributed by atoms with Crippen LogP contribution in [0.15, 0.2) is 11.1 Å². The van der Waals surface area contributed by atoms with Gasteiger partial charge in [0, 0.05) is 33.4 Å². The molecule has 1 heterocycles. The summed E-state index contributed by atoms with van der Waals surface area (Å²) in [6.45, 7) is 4.18. The molecule has 0 radical (unpaired) electrons. The van der Waals surface area contributed by atoms with Crippen molar-refractivity contribution in [2.45, 2.75) is 31.7 Å². The highest BCUT2D eigenvalue weighted by atomic mass is 32.2. The fraction of sp³-hybridized carbons (Fsp3) is 0.667. The molecule has 0 aliphatic carbocycles. The van der Waals surface area contributed by atoms with Gasteiger partial charge < -0.3 is 10.6 Å². The summed E-state index contributed by atoms with van der Waals surface area (Å²) in [5, 5.41) is 3.99. The Labute approximate surface area is 125 Å². The molecule has 0 aliphatic heterocycles. The number of aromatic nitrogens is 2. The molecule has 8 nitrogen and oxygen atoms in total. The molecular weight excluding hydrogens is 294 g/mol. The zero-order chi connectivity index (χ0) is 16.2. The van der Waals surface area contributed by atoms with Crippen LogP contribution < -0.4 is 5.73 Å². The summed E-state index contributed by atoms with van der Waals surface area (Å²) < 4.78 is 27.8. The van der Waals surface area contributed by atoms with E-state index >= 15 is 0 Å². The molecule has 0 saturated heterocycles. The topological polar surface area (TPSA) is 102 Å². The van der Waals surface area contributed by atoms with Crippen LogP contribution in [-0.2, 0) is 21.4 Å². The molecule has 120 valence electrons. The average Bonchev–Trinajstić information content (AvgIpc) is 2.77. The number of rotatable bonds is 7. The largest absolute Gasteiger partial charge is 0.381 e. The van der Waals surface area contributed by atoms with Gasteiger partial charge in [0.05, 0.1) is 6.54 Å². The van der Waals surface area contributed by atoms with Crippen LogP contribution in [0, 0.1) is 0 Å². The summed E-state index contributed by atoms with van der Waals surface area (Å²) in [5.41, 5.74) is 5.71. The molecule has 0 saturated carbocycles.